The molecular weight excluding hydrogens is 729 g/mol. The third-order valence-electron chi connectivity index (χ3n) is 10.0. The molecule has 0 heterocycles. The highest BCUT2D eigenvalue weighted by atomic mass is 16.5. The first-order valence-corrected chi connectivity index (χ1v) is 22.1. The molecule has 326 valence electrons. The van der Waals surface area contributed by atoms with Crippen molar-refractivity contribution in [2.24, 2.45) is 16.8 Å². The molecule has 0 bridgehead atoms. The zero-order valence-corrected chi connectivity index (χ0v) is 39.4. The number of carbonyl (C=O) groups excluding carboxylic acids is 1. The summed E-state index contributed by atoms with van der Waals surface area (Å²) in [6, 6.07) is 16.8. The van der Waals surface area contributed by atoms with Crippen LogP contribution in [0, 0.1) is 32.6 Å². The number of allylic oxidation sites excluding steroid dienone is 2. The summed E-state index contributed by atoms with van der Waals surface area (Å²) in [6.45, 7) is 30.9. The van der Waals surface area contributed by atoms with E-state index in [2.05, 4.69) is 134 Å². The Hall–Kier alpha value is -4.62. The molecule has 7 nitrogen and oxygen atoms in total. The number of nitrogens with zero attached hydrogens (tertiary/aromatic N) is 2. The van der Waals surface area contributed by atoms with Crippen LogP contribution >= 0.6 is 0 Å². The van der Waals surface area contributed by atoms with Crippen LogP contribution in [0.25, 0.3) is 0 Å². The summed E-state index contributed by atoms with van der Waals surface area (Å²) in [5.74, 6) is 4.51. The normalized spacial score (nSPS) is 12.4. The summed E-state index contributed by atoms with van der Waals surface area (Å²) in [7, 11) is 3.88. The minimum atomic E-state index is 0.119. The Morgan fingerprint density at radius 2 is 1.58 bits per heavy atom. The molecule has 0 fully saturated rings. The number of amidine groups is 1. The lowest BCUT2D eigenvalue weighted by atomic mass is 9.96. The Labute approximate surface area is 360 Å². The molecule has 3 aromatic rings. The Balaban J connectivity index is 0.00000106. The summed E-state index contributed by atoms with van der Waals surface area (Å²) in [5.41, 5.74) is 7.59. The second-order valence-corrected chi connectivity index (χ2v) is 15.8. The number of anilines is 2. The lowest BCUT2D eigenvalue weighted by Gasteiger charge is -2.23. The average molecular weight is 809 g/mol. The Morgan fingerprint density at radius 3 is 2.15 bits per heavy atom. The van der Waals surface area contributed by atoms with E-state index in [0.717, 1.165) is 82.5 Å². The number of hydrogen-bond donors (Lipinski definition) is 2. The smallest absolute Gasteiger partial charge is 0.157 e. The quantitative estimate of drug-likeness (QED) is 0.0634. The average Bonchev–Trinajstić information content (AvgIpc) is 3.23. The minimum absolute atomic E-state index is 0.119. The van der Waals surface area contributed by atoms with Crippen LogP contribution in [-0.2, 0) is 4.79 Å². The number of hydrogen-bond acceptors (Lipinski definition) is 6. The van der Waals surface area contributed by atoms with Gasteiger partial charge in [-0.05, 0) is 130 Å². The monoisotopic (exact) mass is 809 g/mol. The maximum atomic E-state index is 10.9. The van der Waals surface area contributed by atoms with E-state index in [4.69, 9.17) is 14.5 Å². The highest BCUT2D eigenvalue weighted by molar-refractivity contribution is 6.11. The fourth-order valence-corrected chi connectivity index (χ4v) is 5.74. The summed E-state index contributed by atoms with van der Waals surface area (Å²) in [4.78, 5) is 17.9. The maximum absolute atomic E-state index is 10.9. The molecule has 0 aliphatic heterocycles. The first-order chi connectivity index (χ1) is 28.2. The Kier molecular flexibility index (Phi) is 26.3. The first kappa shape index (κ1) is 52.4. The number of rotatable bonds is 21. The molecular formula is C52H80N4O3. The van der Waals surface area contributed by atoms with Gasteiger partial charge in [-0.25, -0.2) is 4.99 Å². The molecule has 0 saturated carbocycles. The van der Waals surface area contributed by atoms with E-state index >= 15 is 0 Å². The topological polar surface area (TPSA) is 75.2 Å². The van der Waals surface area contributed by atoms with Crippen molar-refractivity contribution < 1.29 is 14.3 Å². The maximum Gasteiger partial charge on any atom is 0.157 e. The SMILES string of the molecule is C=CN(C)c1ccc(Oc2ccc(NC(=N/C=C/CC)c3c(C)ccc(C)c3OCC(C)CCCC)cc2C)cc1C(C)CC.CCCC.CNC/C=C/C(=O)C(C)C. The molecule has 0 saturated heterocycles. The summed E-state index contributed by atoms with van der Waals surface area (Å²) < 4.78 is 13.0. The second-order valence-electron chi connectivity index (χ2n) is 15.8. The number of nitrogens with one attached hydrogen (secondary N) is 2. The number of carbonyl (C=O) groups is 1. The van der Waals surface area contributed by atoms with Crippen LogP contribution in [0.3, 0.4) is 0 Å². The number of aryl methyl sites for hydroxylation is 3. The van der Waals surface area contributed by atoms with Gasteiger partial charge in [0.25, 0.3) is 0 Å². The van der Waals surface area contributed by atoms with Crippen molar-refractivity contribution in [2.75, 3.05) is 37.5 Å². The molecule has 0 aliphatic rings. The van der Waals surface area contributed by atoms with Gasteiger partial charge in [-0.2, -0.15) is 0 Å². The second kappa shape index (κ2) is 29.6. The van der Waals surface area contributed by atoms with Crippen LogP contribution < -0.4 is 25.0 Å². The van der Waals surface area contributed by atoms with Crippen molar-refractivity contribution >= 4 is 23.0 Å². The zero-order chi connectivity index (χ0) is 44.3. The van der Waals surface area contributed by atoms with Gasteiger partial charge in [0.15, 0.2) is 5.78 Å². The summed E-state index contributed by atoms with van der Waals surface area (Å²) in [5, 5.41) is 6.55. The van der Waals surface area contributed by atoms with Gasteiger partial charge >= 0.3 is 0 Å². The lowest BCUT2D eigenvalue weighted by molar-refractivity contribution is -0.117. The van der Waals surface area contributed by atoms with E-state index in [1.165, 1.54) is 31.2 Å². The predicted octanol–water partition coefficient (Wildman–Crippen LogP) is 14.3. The van der Waals surface area contributed by atoms with E-state index < -0.39 is 0 Å². The van der Waals surface area contributed by atoms with Crippen molar-refractivity contribution in [3.05, 3.63) is 114 Å². The number of unbranched alkanes of at least 4 members (excludes halogenated alkanes) is 2. The van der Waals surface area contributed by atoms with Crippen LogP contribution in [0.1, 0.15) is 141 Å². The summed E-state index contributed by atoms with van der Waals surface area (Å²) in [6.07, 6.45) is 17.4. The van der Waals surface area contributed by atoms with E-state index in [0.29, 0.717) is 18.4 Å². The van der Waals surface area contributed by atoms with Crippen molar-refractivity contribution in [1.82, 2.24) is 5.32 Å². The molecule has 59 heavy (non-hydrogen) atoms. The molecule has 0 aliphatic carbocycles. The van der Waals surface area contributed by atoms with Crippen molar-refractivity contribution in [2.45, 2.75) is 134 Å². The fraction of sp³-hybridized carbons (Fsp3) is 0.500. The number of ether oxygens (including phenoxy) is 2. The zero-order valence-electron chi connectivity index (χ0n) is 39.4. The van der Waals surface area contributed by atoms with Gasteiger partial charge in [0.2, 0.25) is 0 Å². The third-order valence-corrected chi connectivity index (χ3v) is 10.0. The Morgan fingerprint density at radius 1 is 0.881 bits per heavy atom. The molecule has 3 rings (SSSR count). The molecule has 0 aromatic heterocycles. The predicted molar refractivity (Wildman–Crippen MR) is 258 cm³/mol. The van der Waals surface area contributed by atoms with Gasteiger partial charge < -0.3 is 25.0 Å². The van der Waals surface area contributed by atoms with Gasteiger partial charge in [-0.3, -0.25) is 4.79 Å². The van der Waals surface area contributed by atoms with Gasteiger partial charge in [0, 0.05) is 37.1 Å². The standard InChI is InChI=1S/C40H55N3O2.C8H15NO.C4H10/c1-11-15-17-28(5)27-44-39-31(8)19-18-30(7)38(39)40(41-24-16-12-2)42-33-20-23-37(32(9)25-33)45-34-21-22-36(43(10)14-4)35(26-34)29(6)13-3;1-7(2)8(10)5-4-6-9-3;1-3-4-2/h14,16,18-26,28-29H,4,11-13,15,17,27H2,1-3,5-10H3,(H,41,42);4-5,7,9H,6H2,1-3H3;3-4H2,1-2H3/b24-16+;5-4+;. The highest BCUT2D eigenvalue weighted by Gasteiger charge is 2.19. The third kappa shape index (κ3) is 18.9. The Bertz CT molecular complexity index is 1770. The molecule has 0 radical (unpaired) electrons. The summed E-state index contributed by atoms with van der Waals surface area (Å²) >= 11 is 0. The number of benzene rings is 3. The van der Waals surface area contributed by atoms with Crippen LogP contribution in [0.5, 0.6) is 17.2 Å². The van der Waals surface area contributed by atoms with Gasteiger partial charge in [-0.15, -0.1) is 0 Å². The molecule has 2 atom stereocenters. The molecule has 2 unspecified atom stereocenters. The molecule has 7 heteroatoms. The van der Waals surface area contributed by atoms with Gasteiger partial charge in [0.1, 0.15) is 23.1 Å². The van der Waals surface area contributed by atoms with Crippen molar-refractivity contribution in [3.63, 3.8) is 0 Å². The van der Waals surface area contributed by atoms with E-state index in [1.54, 1.807) is 6.08 Å². The largest absolute Gasteiger partial charge is 0.492 e. The van der Waals surface area contributed by atoms with Gasteiger partial charge in [-0.1, -0.05) is 119 Å². The molecule has 3 aromatic carbocycles. The van der Waals surface area contributed by atoms with Crippen LogP contribution in [0.4, 0.5) is 11.4 Å². The lowest BCUT2D eigenvalue weighted by Crippen LogP contribution is -2.19. The van der Waals surface area contributed by atoms with E-state index in [1.807, 2.05) is 58.6 Å². The van der Waals surface area contributed by atoms with Gasteiger partial charge in [0.05, 0.1) is 12.2 Å². The fourth-order valence-electron chi connectivity index (χ4n) is 5.74. The van der Waals surface area contributed by atoms with E-state index in [9.17, 15) is 4.79 Å². The van der Waals surface area contributed by atoms with Crippen molar-refractivity contribution in [1.29, 1.82) is 0 Å². The van der Waals surface area contributed by atoms with Crippen LogP contribution in [-0.4, -0.2) is 38.9 Å². The number of aliphatic imine (C=N–C) groups is 1. The minimum Gasteiger partial charge on any atom is -0.492 e. The molecule has 0 amide bonds. The van der Waals surface area contributed by atoms with Crippen LogP contribution in [0.2, 0.25) is 0 Å². The van der Waals surface area contributed by atoms with Crippen LogP contribution in [0.15, 0.2) is 90.7 Å². The number of likely N-dealkylation sites (N-methyl/N-ethyl adjacent to an activating group) is 1. The number of ketones is 1. The highest BCUT2D eigenvalue weighted by Crippen LogP contribution is 2.36. The van der Waals surface area contributed by atoms with E-state index in [-0.39, 0.29) is 11.7 Å². The molecule has 2 N–H and O–H groups in total. The first-order valence-electron chi connectivity index (χ1n) is 22.1. The molecule has 0 spiro atoms. The van der Waals surface area contributed by atoms with Crippen molar-refractivity contribution in [3.8, 4) is 17.2 Å².